The Morgan fingerprint density at radius 2 is 2.00 bits per heavy atom. The summed E-state index contributed by atoms with van der Waals surface area (Å²) in [7, 11) is 0. The topological polar surface area (TPSA) is 51.2 Å². The number of halogens is 3. The maximum atomic E-state index is 13.1. The first-order valence-electron chi connectivity index (χ1n) is 6.06. The van der Waals surface area contributed by atoms with Gasteiger partial charge in [-0.25, -0.2) is 14.2 Å². The lowest BCUT2D eigenvalue weighted by atomic mass is 10.2. The van der Waals surface area contributed by atoms with Crippen LogP contribution in [0.4, 0.5) is 15.9 Å². The van der Waals surface area contributed by atoms with Crippen LogP contribution in [0, 0.1) is 5.82 Å². The van der Waals surface area contributed by atoms with Gasteiger partial charge in [0, 0.05) is 6.20 Å². The smallest absolute Gasteiger partial charge is 0.339 e. The predicted molar refractivity (Wildman–Crippen MR) is 79.9 cm³/mol. The molecule has 0 aliphatic heterocycles. The van der Waals surface area contributed by atoms with Gasteiger partial charge < -0.3 is 10.1 Å². The fraction of sp³-hybridized carbons (Fsp3) is 0.143. The van der Waals surface area contributed by atoms with Crippen LogP contribution in [-0.2, 0) is 4.74 Å². The van der Waals surface area contributed by atoms with Crippen molar-refractivity contribution in [2.45, 2.75) is 6.92 Å². The summed E-state index contributed by atoms with van der Waals surface area (Å²) in [5.41, 5.74) is 0.676. The Hall–Kier alpha value is -1.85. The lowest BCUT2D eigenvalue weighted by Gasteiger charge is -2.10. The number of hydrogen-bond acceptors (Lipinski definition) is 4. The summed E-state index contributed by atoms with van der Waals surface area (Å²) >= 11 is 11.8. The van der Waals surface area contributed by atoms with E-state index in [4.69, 9.17) is 27.9 Å². The van der Waals surface area contributed by atoms with E-state index < -0.39 is 11.8 Å². The number of nitrogens with zero attached hydrogens (tertiary/aromatic N) is 1. The monoisotopic (exact) mass is 328 g/mol. The number of nitrogens with one attached hydrogen (secondary N) is 1. The molecule has 2 aromatic rings. The second-order valence-electron chi connectivity index (χ2n) is 4.02. The minimum Gasteiger partial charge on any atom is -0.462 e. The van der Waals surface area contributed by atoms with Crippen molar-refractivity contribution in [1.29, 1.82) is 0 Å². The van der Waals surface area contributed by atoms with Crippen LogP contribution in [0.3, 0.4) is 0 Å². The normalized spacial score (nSPS) is 10.3. The van der Waals surface area contributed by atoms with Gasteiger partial charge in [0.15, 0.2) is 0 Å². The van der Waals surface area contributed by atoms with Gasteiger partial charge in [0.1, 0.15) is 11.6 Å². The Labute approximate surface area is 130 Å². The lowest BCUT2D eigenvalue weighted by molar-refractivity contribution is 0.0526. The van der Waals surface area contributed by atoms with Crippen LogP contribution < -0.4 is 5.32 Å². The highest BCUT2D eigenvalue weighted by atomic mass is 35.5. The largest absolute Gasteiger partial charge is 0.462 e. The Bertz CT molecular complexity index is 640. The molecule has 0 amide bonds. The maximum absolute atomic E-state index is 13.1. The van der Waals surface area contributed by atoms with Gasteiger partial charge in [0.2, 0.25) is 0 Å². The highest BCUT2D eigenvalue weighted by molar-refractivity contribution is 6.39. The zero-order valence-electron chi connectivity index (χ0n) is 11.0. The van der Waals surface area contributed by atoms with E-state index in [0.717, 1.165) is 12.1 Å². The van der Waals surface area contributed by atoms with Gasteiger partial charge in [0.25, 0.3) is 0 Å². The number of benzene rings is 1. The molecular weight excluding hydrogens is 318 g/mol. The van der Waals surface area contributed by atoms with Crippen LogP contribution in [0.25, 0.3) is 0 Å². The number of rotatable bonds is 4. The van der Waals surface area contributed by atoms with Gasteiger partial charge in [-0.3, -0.25) is 0 Å². The number of anilines is 2. The van der Waals surface area contributed by atoms with Crippen molar-refractivity contribution < 1.29 is 13.9 Å². The van der Waals surface area contributed by atoms with Crippen molar-refractivity contribution in [1.82, 2.24) is 4.98 Å². The van der Waals surface area contributed by atoms with Crippen LogP contribution in [0.5, 0.6) is 0 Å². The summed E-state index contributed by atoms with van der Waals surface area (Å²) in [5.74, 6) is -0.561. The summed E-state index contributed by atoms with van der Waals surface area (Å²) in [5, 5.41) is 3.14. The fourth-order valence-corrected chi connectivity index (χ4v) is 2.15. The van der Waals surface area contributed by atoms with Crippen LogP contribution in [0.15, 0.2) is 30.5 Å². The first-order chi connectivity index (χ1) is 10.0. The number of ether oxygens (including phenoxy) is 1. The molecule has 0 atom stereocenters. The standard InChI is InChI=1S/C14H11Cl2FN2O2/c1-2-21-14(20)8-3-4-12(18-7-8)19-13-10(15)5-9(17)6-11(13)16/h3-7H,2H2,1H3,(H,18,19). The van der Waals surface area contributed by atoms with Gasteiger partial charge in [-0.05, 0) is 31.2 Å². The molecule has 0 aliphatic carbocycles. The van der Waals surface area contributed by atoms with Crippen LogP contribution in [0.2, 0.25) is 10.0 Å². The Morgan fingerprint density at radius 3 is 2.52 bits per heavy atom. The Morgan fingerprint density at radius 1 is 1.33 bits per heavy atom. The molecule has 1 heterocycles. The second-order valence-corrected chi connectivity index (χ2v) is 4.84. The van der Waals surface area contributed by atoms with Gasteiger partial charge in [0.05, 0.1) is 27.9 Å². The van der Waals surface area contributed by atoms with Crippen molar-refractivity contribution in [2.24, 2.45) is 0 Å². The number of pyridine rings is 1. The molecule has 1 aromatic carbocycles. The van der Waals surface area contributed by atoms with Crippen molar-refractivity contribution in [3.05, 3.63) is 51.9 Å². The molecule has 2 rings (SSSR count). The van der Waals surface area contributed by atoms with Gasteiger partial charge in [-0.1, -0.05) is 23.2 Å². The van der Waals surface area contributed by atoms with E-state index in [0.29, 0.717) is 23.7 Å². The number of hydrogen-bond donors (Lipinski definition) is 1. The minimum absolute atomic E-state index is 0.135. The molecule has 0 spiro atoms. The van der Waals surface area contributed by atoms with Crippen LogP contribution in [0.1, 0.15) is 17.3 Å². The molecular formula is C14H11Cl2FN2O2. The van der Waals surface area contributed by atoms with E-state index in [9.17, 15) is 9.18 Å². The third-order valence-electron chi connectivity index (χ3n) is 2.53. The molecule has 0 unspecified atom stereocenters. The van der Waals surface area contributed by atoms with Crippen LogP contribution in [-0.4, -0.2) is 17.6 Å². The highest BCUT2D eigenvalue weighted by Crippen LogP contribution is 2.33. The van der Waals surface area contributed by atoms with Crippen molar-refractivity contribution >= 4 is 40.7 Å². The Kier molecular flexibility index (Phi) is 4.98. The molecule has 0 fully saturated rings. The SMILES string of the molecule is CCOC(=O)c1ccc(Nc2c(Cl)cc(F)cc2Cl)nc1. The van der Waals surface area contributed by atoms with Crippen LogP contribution >= 0.6 is 23.2 Å². The third kappa shape index (κ3) is 3.83. The molecule has 21 heavy (non-hydrogen) atoms. The lowest BCUT2D eigenvalue weighted by Crippen LogP contribution is -2.05. The molecule has 4 nitrogen and oxygen atoms in total. The molecule has 0 radical (unpaired) electrons. The van der Waals surface area contributed by atoms with E-state index in [1.807, 2.05) is 0 Å². The van der Waals surface area contributed by atoms with Crippen molar-refractivity contribution in [3.63, 3.8) is 0 Å². The maximum Gasteiger partial charge on any atom is 0.339 e. The quantitative estimate of drug-likeness (QED) is 0.842. The number of aromatic nitrogens is 1. The molecule has 1 N–H and O–H groups in total. The molecule has 1 aromatic heterocycles. The summed E-state index contributed by atoms with van der Waals surface area (Å²) in [6.07, 6.45) is 1.37. The first kappa shape index (κ1) is 15.5. The molecule has 0 saturated heterocycles. The van der Waals surface area contributed by atoms with E-state index in [-0.39, 0.29) is 10.0 Å². The molecule has 0 aliphatic rings. The average molecular weight is 329 g/mol. The van der Waals surface area contributed by atoms with Gasteiger partial charge >= 0.3 is 5.97 Å². The second kappa shape index (κ2) is 6.74. The zero-order chi connectivity index (χ0) is 15.4. The predicted octanol–water partition coefficient (Wildman–Crippen LogP) is 4.45. The van der Waals surface area contributed by atoms with E-state index in [1.165, 1.54) is 6.20 Å². The first-order valence-corrected chi connectivity index (χ1v) is 6.81. The summed E-state index contributed by atoms with van der Waals surface area (Å²) in [6, 6.07) is 5.41. The fourth-order valence-electron chi connectivity index (χ4n) is 1.59. The van der Waals surface area contributed by atoms with E-state index in [2.05, 4.69) is 10.3 Å². The molecule has 110 valence electrons. The van der Waals surface area contributed by atoms with E-state index >= 15 is 0 Å². The molecule has 0 bridgehead atoms. The number of carbonyl (C=O) groups excluding carboxylic acids is 1. The highest BCUT2D eigenvalue weighted by Gasteiger charge is 2.11. The Balaban J connectivity index is 2.19. The number of esters is 1. The summed E-state index contributed by atoms with van der Waals surface area (Å²) < 4.78 is 18.0. The summed E-state index contributed by atoms with van der Waals surface area (Å²) in [4.78, 5) is 15.6. The van der Waals surface area contributed by atoms with E-state index in [1.54, 1.807) is 19.1 Å². The molecule has 7 heteroatoms. The minimum atomic E-state index is -0.527. The zero-order valence-corrected chi connectivity index (χ0v) is 12.5. The van der Waals surface area contributed by atoms with Crippen molar-refractivity contribution in [3.8, 4) is 0 Å². The van der Waals surface area contributed by atoms with Crippen molar-refractivity contribution in [2.75, 3.05) is 11.9 Å². The average Bonchev–Trinajstić information content (AvgIpc) is 2.43. The molecule has 0 saturated carbocycles. The number of carbonyl (C=O) groups is 1. The third-order valence-corrected chi connectivity index (χ3v) is 3.13. The van der Waals surface area contributed by atoms with Gasteiger partial charge in [-0.2, -0.15) is 0 Å². The summed E-state index contributed by atoms with van der Waals surface area (Å²) in [6.45, 7) is 2.01. The van der Waals surface area contributed by atoms with Gasteiger partial charge in [-0.15, -0.1) is 0 Å².